The minimum absolute atomic E-state index is 0.0265. The number of nitrogens with zero attached hydrogens (tertiary/aromatic N) is 4. The number of nitrogens with one attached hydrogen (secondary N) is 1. The third-order valence-electron chi connectivity index (χ3n) is 6.40. The van der Waals surface area contributed by atoms with E-state index in [1.54, 1.807) is 30.1 Å². The van der Waals surface area contributed by atoms with Crippen LogP contribution in [0.5, 0.6) is 0 Å². The summed E-state index contributed by atoms with van der Waals surface area (Å²) in [6, 6.07) is 0.892. The molecule has 0 aromatic carbocycles. The van der Waals surface area contributed by atoms with Gasteiger partial charge in [-0.3, -0.25) is 29.6 Å². The zero-order valence-corrected chi connectivity index (χ0v) is 17.9. The highest BCUT2D eigenvalue weighted by Gasteiger charge is 2.42. The normalized spacial score (nSPS) is 27.6. The van der Waals surface area contributed by atoms with Crippen molar-refractivity contribution in [2.24, 2.45) is 0 Å². The summed E-state index contributed by atoms with van der Waals surface area (Å²) in [5.41, 5.74) is 2.41. The maximum absolute atomic E-state index is 13.2. The van der Waals surface area contributed by atoms with Gasteiger partial charge in [0, 0.05) is 30.1 Å². The van der Waals surface area contributed by atoms with Gasteiger partial charge < -0.3 is 9.67 Å². The molecular weight excluding hydrogens is 438 g/mol. The first-order chi connectivity index (χ1) is 15.3. The Hall–Kier alpha value is -3.12. The van der Waals surface area contributed by atoms with Crippen molar-refractivity contribution in [3.05, 3.63) is 45.9 Å². The van der Waals surface area contributed by atoms with Crippen LogP contribution in [0.2, 0.25) is 0 Å². The molecule has 0 saturated carbocycles. The van der Waals surface area contributed by atoms with Gasteiger partial charge >= 0.3 is 6.09 Å². The van der Waals surface area contributed by atoms with Gasteiger partial charge in [0.25, 0.3) is 5.91 Å². The van der Waals surface area contributed by atoms with Crippen molar-refractivity contribution in [1.82, 2.24) is 19.4 Å². The summed E-state index contributed by atoms with van der Waals surface area (Å²) in [6.07, 6.45) is 4.98. The predicted octanol–water partition coefficient (Wildman–Crippen LogP) is 2.54. The quantitative estimate of drug-likeness (QED) is 0.527. The van der Waals surface area contributed by atoms with E-state index in [1.165, 1.54) is 4.57 Å². The number of allylic oxidation sites excluding steroid dienone is 1. The smallest absolute Gasteiger partial charge is 0.414 e. The molecule has 5 rings (SSSR count). The zero-order valence-electron chi connectivity index (χ0n) is 17.1. The number of carbonyl (C=O) groups excluding carboxylic acids is 2. The molecule has 168 valence electrons. The van der Waals surface area contributed by atoms with Gasteiger partial charge in [-0.05, 0) is 37.5 Å². The van der Waals surface area contributed by atoms with E-state index in [9.17, 15) is 29.6 Å². The van der Waals surface area contributed by atoms with Crippen LogP contribution in [0, 0.1) is 17.0 Å². The van der Waals surface area contributed by atoms with E-state index in [0.717, 1.165) is 11.1 Å². The van der Waals surface area contributed by atoms with Crippen LogP contribution in [-0.4, -0.2) is 59.3 Å². The molecule has 0 spiro atoms. The minimum atomic E-state index is -1.42. The lowest BCUT2D eigenvalue weighted by Gasteiger charge is -2.19. The van der Waals surface area contributed by atoms with Gasteiger partial charge in [0.05, 0.1) is 22.4 Å². The third-order valence-corrected chi connectivity index (χ3v) is 7.87. The average molecular weight is 459 g/mol. The molecule has 2 aromatic rings. The summed E-state index contributed by atoms with van der Waals surface area (Å²) >= 11 is 1.63. The van der Waals surface area contributed by atoms with Crippen molar-refractivity contribution in [3.8, 4) is 0 Å². The fraction of sp³-hybridized carbons (Fsp3) is 0.450. The number of hydrogen-bond acceptors (Lipinski definition) is 7. The molecule has 0 bridgehead atoms. The Kier molecular flexibility index (Phi) is 4.86. The summed E-state index contributed by atoms with van der Waals surface area (Å²) in [7, 11) is 0. The van der Waals surface area contributed by atoms with Crippen molar-refractivity contribution >= 4 is 40.7 Å². The van der Waals surface area contributed by atoms with Gasteiger partial charge in [0.1, 0.15) is 11.5 Å². The Balaban J connectivity index is 1.43. The third kappa shape index (κ3) is 3.13. The SMILES string of the molecule is Cc1cn(C2N[C@H]3CC=C([N+](=O)[O-])CC3S2)c2ccn(C(=O)[C@@H]3CCC(=O)N3C(=O)O)c12. The molecular formula is C20H21N5O6S. The molecule has 0 radical (unpaired) electrons. The molecule has 2 aliphatic heterocycles. The number of fused-ring (bicyclic) bond motifs is 2. The van der Waals surface area contributed by atoms with Gasteiger partial charge in [0.15, 0.2) is 0 Å². The number of carbonyl (C=O) groups is 3. The highest BCUT2D eigenvalue weighted by atomic mass is 32.2. The van der Waals surface area contributed by atoms with Gasteiger partial charge in [-0.25, -0.2) is 9.69 Å². The largest absolute Gasteiger partial charge is 0.465 e. The number of aromatic nitrogens is 2. The van der Waals surface area contributed by atoms with Gasteiger partial charge in [-0.2, -0.15) is 0 Å². The van der Waals surface area contributed by atoms with Crippen LogP contribution < -0.4 is 5.32 Å². The molecule has 12 heteroatoms. The molecule has 2 fully saturated rings. The maximum Gasteiger partial charge on any atom is 0.414 e. The van der Waals surface area contributed by atoms with Crippen LogP contribution in [0.15, 0.2) is 30.2 Å². The van der Waals surface area contributed by atoms with E-state index in [-0.39, 0.29) is 40.3 Å². The second-order valence-electron chi connectivity index (χ2n) is 8.27. The first-order valence-electron chi connectivity index (χ1n) is 10.3. The molecule has 4 heterocycles. The first kappa shape index (κ1) is 20.8. The number of thioether (sulfide) groups is 1. The van der Waals surface area contributed by atoms with E-state index in [2.05, 4.69) is 5.32 Å². The van der Waals surface area contributed by atoms with Crippen molar-refractivity contribution < 1.29 is 24.4 Å². The maximum atomic E-state index is 13.2. The molecule has 1 aliphatic carbocycles. The summed E-state index contributed by atoms with van der Waals surface area (Å²) in [5.74, 6) is -1.01. The summed E-state index contributed by atoms with van der Waals surface area (Å²) < 4.78 is 3.44. The van der Waals surface area contributed by atoms with Crippen LogP contribution >= 0.6 is 11.8 Å². The summed E-state index contributed by atoms with van der Waals surface area (Å²) in [4.78, 5) is 48.0. The molecule has 2 saturated heterocycles. The Bertz CT molecular complexity index is 1200. The standard InChI is InChI=1S/C20H21N5O6S/c1-10-9-23(19-21-12-3-2-11(25(30)31)8-15(12)32-19)13-6-7-22(17(10)13)18(27)14-4-5-16(26)24(14)20(28)29/h2,6-7,9,12,14-15,19,21H,3-5,8H2,1H3,(H,28,29)/t12-,14-,15?,19?/m0/s1. The van der Waals surface area contributed by atoms with Crippen LogP contribution in [-0.2, 0) is 4.79 Å². The molecule has 3 aliphatic rings. The Morgan fingerprint density at radius 1 is 1.38 bits per heavy atom. The highest BCUT2D eigenvalue weighted by molar-refractivity contribution is 8.00. The Morgan fingerprint density at radius 3 is 2.88 bits per heavy atom. The predicted molar refractivity (Wildman–Crippen MR) is 115 cm³/mol. The fourth-order valence-electron chi connectivity index (χ4n) is 4.91. The number of rotatable bonds is 3. The molecule has 2 N–H and O–H groups in total. The molecule has 2 amide bonds. The van der Waals surface area contributed by atoms with E-state index < -0.39 is 23.9 Å². The molecule has 4 atom stereocenters. The van der Waals surface area contributed by atoms with Crippen LogP contribution in [0.25, 0.3) is 11.0 Å². The van der Waals surface area contributed by atoms with E-state index in [0.29, 0.717) is 23.3 Å². The van der Waals surface area contributed by atoms with E-state index in [4.69, 9.17) is 0 Å². The molecule has 2 unspecified atom stereocenters. The lowest BCUT2D eigenvalue weighted by Crippen LogP contribution is -2.43. The molecule has 2 aromatic heterocycles. The highest BCUT2D eigenvalue weighted by Crippen LogP contribution is 2.43. The van der Waals surface area contributed by atoms with E-state index >= 15 is 0 Å². The Labute approximate surface area is 186 Å². The lowest BCUT2D eigenvalue weighted by molar-refractivity contribution is -0.428. The van der Waals surface area contributed by atoms with Crippen LogP contribution in [0.3, 0.4) is 0 Å². The number of hydrogen-bond donors (Lipinski definition) is 2. The number of aryl methyl sites for hydroxylation is 1. The lowest BCUT2D eigenvalue weighted by atomic mass is 9.99. The zero-order chi connectivity index (χ0) is 22.7. The summed E-state index contributed by atoms with van der Waals surface area (Å²) in [6.45, 7) is 1.87. The van der Waals surface area contributed by atoms with Gasteiger partial charge in [-0.15, -0.1) is 11.8 Å². The van der Waals surface area contributed by atoms with Crippen molar-refractivity contribution in [3.63, 3.8) is 0 Å². The van der Waals surface area contributed by atoms with E-state index in [1.807, 2.05) is 17.7 Å². The minimum Gasteiger partial charge on any atom is -0.465 e. The van der Waals surface area contributed by atoms with Gasteiger partial charge in [-0.1, -0.05) is 0 Å². The van der Waals surface area contributed by atoms with Crippen molar-refractivity contribution in [2.45, 2.75) is 55.4 Å². The number of carboxylic acid groups (broad SMARTS) is 1. The first-order valence-corrected chi connectivity index (χ1v) is 11.2. The second-order valence-corrected chi connectivity index (χ2v) is 9.59. The van der Waals surface area contributed by atoms with Gasteiger partial charge in [0.2, 0.25) is 11.6 Å². The number of likely N-dealkylation sites (tertiary alicyclic amines) is 1. The van der Waals surface area contributed by atoms with Crippen LogP contribution in [0.4, 0.5) is 4.79 Å². The monoisotopic (exact) mass is 459 g/mol. The molecule has 11 nitrogen and oxygen atoms in total. The molecule has 32 heavy (non-hydrogen) atoms. The average Bonchev–Trinajstić information content (AvgIpc) is 3.49. The Morgan fingerprint density at radius 2 is 2.16 bits per heavy atom. The fourth-order valence-corrected chi connectivity index (χ4v) is 6.44. The van der Waals surface area contributed by atoms with Crippen LogP contribution in [0.1, 0.15) is 41.5 Å². The second kappa shape index (κ2) is 7.48. The number of imide groups is 1. The van der Waals surface area contributed by atoms with Crippen molar-refractivity contribution in [2.75, 3.05) is 0 Å². The topological polar surface area (TPSA) is 140 Å². The summed E-state index contributed by atoms with van der Waals surface area (Å²) in [5, 5.41) is 24.1. The number of nitro groups is 1. The van der Waals surface area contributed by atoms with Crippen molar-refractivity contribution in [1.29, 1.82) is 0 Å². The number of amides is 2.